The van der Waals surface area contributed by atoms with E-state index in [1.54, 1.807) is 18.2 Å². The Bertz CT molecular complexity index is 596. The van der Waals surface area contributed by atoms with Crippen molar-refractivity contribution in [3.63, 3.8) is 0 Å². The van der Waals surface area contributed by atoms with Gasteiger partial charge in [0.15, 0.2) is 0 Å². The van der Waals surface area contributed by atoms with E-state index in [-0.39, 0.29) is 0 Å². The van der Waals surface area contributed by atoms with Crippen LogP contribution in [0.3, 0.4) is 0 Å². The molecule has 0 spiro atoms. The van der Waals surface area contributed by atoms with E-state index >= 15 is 0 Å². The minimum Gasteiger partial charge on any atom is -0.354 e. The molecule has 0 saturated carbocycles. The maximum absolute atomic E-state index is 6.16. The summed E-state index contributed by atoms with van der Waals surface area (Å²) in [4.78, 5) is 8.80. The molecule has 1 heterocycles. The molecule has 0 radical (unpaired) electrons. The predicted molar refractivity (Wildman–Crippen MR) is 89.9 cm³/mol. The maximum atomic E-state index is 6.16. The number of para-hydroxylation sites is 1. The first kappa shape index (κ1) is 15.9. The summed E-state index contributed by atoms with van der Waals surface area (Å²) in [5, 5.41) is 7.48. The van der Waals surface area contributed by atoms with E-state index < -0.39 is 0 Å². The first-order valence-corrected chi connectivity index (χ1v) is 7.66. The maximum Gasteiger partial charge on any atom is 0.224 e. The minimum atomic E-state index is 0.555. The minimum absolute atomic E-state index is 0.555. The molecule has 2 rings (SSSR count). The van der Waals surface area contributed by atoms with Crippen molar-refractivity contribution in [2.24, 2.45) is 0 Å². The van der Waals surface area contributed by atoms with Crippen LogP contribution in [0.2, 0.25) is 10.0 Å². The molecule has 0 amide bonds. The standard InChI is InChI=1S/C15H18Cl2N4/c1-3-4-8-18-15-19-10(2)9-13(21-15)20-14-11(16)6-5-7-12(14)17/h5-7,9H,3-4,8H2,1-2H3,(H2,18,19,20,21). The highest BCUT2D eigenvalue weighted by Gasteiger charge is 2.08. The van der Waals surface area contributed by atoms with Gasteiger partial charge in [-0.05, 0) is 25.5 Å². The highest BCUT2D eigenvalue weighted by Crippen LogP contribution is 2.32. The van der Waals surface area contributed by atoms with Crippen LogP contribution in [0.15, 0.2) is 24.3 Å². The van der Waals surface area contributed by atoms with E-state index in [0.717, 1.165) is 25.1 Å². The highest BCUT2D eigenvalue weighted by atomic mass is 35.5. The summed E-state index contributed by atoms with van der Waals surface area (Å²) in [6.45, 7) is 4.92. The summed E-state index contributed by atoms with van der Waals surface area (Å²) in [6, 6.07) is 7.22. The third-order valence-electron chi connectivity index (χ3n) is 2.88. The van der Waals surface area contributed by atoms with Gasteiger partial charge in [0.1, 0.15) is 5.82 Å². The number of halogens is 2. The molecule has 0 unspecified atom stereocenters. The number of benzene rings is 1. The lowest BCUT2D eigenvalue weighted by Gasteiger charge is -2.12. The molecule has 4 nitrogen and oxygen atoms in total. The van der Waals surface area contributed by atoms with Crippen LogP contribution in [0.4, 0.5) is 17.5 Å². The molecule has 21 heavy (non-hydrogen) atoms. The smallest absolute Gasteiger partial charge is 0.224 e. The summed E-state index contributed by atoms with van der Waals surface area (Å²) in [5.41, 5.74) is 1.52. The van der Waals surface area contributed by atoms with Crippen molar-refractivity contribution in [3.05, 3.63) is 40.0 Å². The van der Waals surface area contributed by atoms with Crippen LogP contribution in [0.1, 0.15) is 25.5 Å². The van der Waals surface area contributed by atoms with Crippen molar-refractivity contribution >= 4 is 40.7 Å². The van der Waals surface area contributed by atoms with Gasteiger partial charge in [-0.1, -0.05) is 42.6 Å². The molecule has 1 aromatic carbocycles. The lowest BCUT2D eigenvalue weighted by molar-refractivity contribution is 0.825. The zero-order valence-corrected chi connectivity index (χ0v) is 13.6. The van der Waals surface area contributed by atoms with E-state index in [4.69, 9.17) is 23.2 Å². The molecule has 2 N–H and O–H groups in total. The van der Waals surface area contributed by atoms with Gasteiger partial charge in [-0.25, -0.2) is 4.98 Å². The van der Waals surface area contributed by atoms with Gasteiger partial charge in [-0.2, -0.15) is 4.98 Å². The molecule has 112 valence electrons. The van der Waals surface area contributed by atoms with E-state index in [1.165, 1.54) is 0 Å². The Morgan fingerprint density at radius 2 is 1.86 bits per heavy atom. The fourth-order valence-electron chi connectivity index (χ4n) is 1.83. The molecule has 0 aliphatic heterocycles. The van der Waals surface area contributed by atoms with Crippen molar-refractivity contribution in [2.45, 2.75) is 26.7 Å². The van der Waals surface area contributed by atoms with Crippen LogP contribution >= 0.6 is 23.2 Å². The molecule has 1 aromatic heterocycles. The Morgan fingerprint density at radius 1 is 1.14 bits per heavy atom. The highest BCUT2D eigenvalue weighted by molar-refractivity contribution is 6.39. The number of aromatic nitrogens is 2. The van der Waals surface area contributed by atoms with Gasteiger partial charge in [0.05, 0.1) is 15.7 Å². The van der Waals surface area contributed by atoms with Crippen molar-refractivity contribution in [1.29, 1.82) is 0 Å². The number of nitrogens with zero attached hydrogens (tertiary/aromatic N) is 2. The Morgan fingerprint density at radius 3 is 2.52 bits per heavy atom. The van der Waals surface area contributed by atoms with Crippen molar-refractivity contribution in [1.82, 2.24) is 9.97 Å². The average molecular weight is 325 g/mol. The van der Waals surface area contributed by atoms with Crippen LogP contribution in [-0.2, 0) is 0 Å². The van der Waals surface area contributed by atoms with Crippen LogP contribution in [0.25, 0.3) is 0 Å². The zero-order valence-electron chi connectivity index (χ0n) is 12.1. The van der Waals surface area contributed by atoms with E-state index in [9.17, 15) is 0 Å². The number of rotatable bonds is 6. The van der Waals surface area contributed by atoms with Crippen LogP contribution in [-0.4, -0.2) is 16.5 Å². The Labute approximate surface area is 134 Å². The number of hydrogen-bond acceptors (Lipinski definition) is 4. The number of hydrogen-bond donors (Lipinski definition) is 2. The molecule has 0 fully saturated rings. The number of nitrogens with one attached hydrogen (secondary N) is 2. The van der Waals surface area contributed by atoms with Gasteiger partial charge in [0, 0.05) is 18.3 Å². The molecule has 0 atom stereocenters. The van der Waals surface area contributed by atoms with E-state index in [1.807, 2.05) is 13.0 Å². The Kier molecular flexibility index (Phi) is 5.65. The largest absolute Gasteiger partial charge is 0.354 e. The topological polar surface area (TPSA) is 49.8 Å². The third kappa shape index (κ3) is 4.48. The summed E-state index contributed by atoms with van der Waals surface area (Å²) in [6.07, 6.45) is 2.20. The fraction of sp³-hybridized carbons (Fsp3) is 0.333. The van der Waals surface area contributed by atoms with Gasteiger partial charge >= 0.3 is 0 Å². The molecule has 0 bridgehead atoms. The Balaban J connectivity index is 2.20. The van der Waals surface area contributed by atoms with Crippen molar-refractivity contribution < 1.29 is 0 Å². The van der Waals surface area contributed by atoms with Gasteiger partial charge in [0.2, 0.25) is 5.95 Å². The molecule has 0 aliphatic rings. The zero-order chi connectivity index (χ0) is 15.2. The number of anilines is 3. The van der Waals surface area contributed by atoms with E-state index in [2.05, 4.69) is 27.5 Å². The van der Waals surface area contributed by atoms with E-state index in [0.29, 0.717) is 27.5 Å². The monoisotopic (exact) mass is 324 g/mol. The second-order valence-electron chi connectivity index (χ2n) is 4.72. The molecular formula is C15H18Cl2N4. The van der Waals surface area contributed by atoms with Crippen LogP contribution in [0, 0.1) is 6.92 Å². The Hall–Kier alpha value is -1.52. The van der Waals surface area contributed by atoms with Gasteiger partial charge < -0.3 is 10.6 Å². The lowest BCUT2D eigenvalue weighted by Crippen LogP contribution is -2.07. The predicted octanol–water partition coefficient (Wildman–Crippen LogP) is 5.05. The second-order valence-corrected chi connectivity index (χ2v) is 5.53. The normalized spacial score (nSPS) is 10.5. The number of unbranched alkanes of at least 4 members (excludes halogenated alkanes) is 1. The lowest BCUT2D eigenvalue weighted by atomic mass is 10.3. The van der Waals surface area contributed by atoms with Crippen LogP contribution in [0.5, 0.6) is 0 Å². The summed E-state index contributed by atoms with van der Waals surface area (Å²) >= 11 is 12.3. The summed E-state index contributed by atoms with van der Waals surface area (Å²) < 4.78 is 0. The molecule has 2 aromatic rings. The van der Waals surface area contributed by atoms with Gasteiger partial charge in [-0.15, -0.1) is 0 Å². The first-order valence-electron chi connectivity index (χ1n) is 6.90. The SMILES string of the molecule is CCCCNc1nc(C)cc(Nc2c(Cl)cccc2Cl)n1. The summed E-state index contributed by atoms with van der Waals surface area (Å²) in [5.74, 6) is 1.27. The van der Waals surface area contributed by atoms with Gasteiger partial charge in [0.25, 0.3) is 0 Å². The average Bonchev–Trinajstić information content (AvgIpc) is 2.43. The van der Waals surface area contributed by atoms with Gasteiger partial charge in [-0.3, -0.25) is 0 Å². The van der Waals surface area contributed by atoms with Crippen LogP contribution < -0.4 is 10.6 Å². The second kappa shape index (κ2) is 7.48. The van der Waals surface area contributed by atoms with Crippen molar-refractivity contribution in [2.75, 3.05) is 17.2 Å². The molecule has 6 heteroatoms. The fourth-order valence-corrected chi connectivity index (χ4v) is 2.33. The molecular weight excluding hydrogens is 307 g/mol. The first-order chi connectivity index (χ1) is 10.1. The van der Waals surface area contributed by atoms with Crippen molar-refractivity contribution in [3.8, 4) is 0 Å². The third-order valence-corrected chi connectivity index (χ3v) is 3.51. The summed E-state index contributed by atoms with van der Waals surface area (Å²) in [7, 11) is 0. The molecule has 0 saturated heterocycles. The quantitative estimate of drug-likeness (QED) is 0.730. The number of aryl methyl sites for hydroxylation is 1. The molecule has 0 aliphatic carbocycles.